The molecule has 3 aromatic rings. The summed E-state index contributed by atoms with van der Waals surface area (Å²) < 4.78 is 27.5. The van der Waals surface area contributed by atoms with Gasteiger partial charge in [-0.05, 0) is 63.2 Å². The second-order valence-corrected chi connectivity index (χ2v) is 9.88. The number of rotatable bonds is 7. The molecule has 0 aliphatic carbocycles. The lowest BCUT2D eigenvalue weighted by Crippen LogP contribution is -2.39. The van der Waals surface area contributed by atoms with E-state index in [0.29, 0.717) is 10.7 Å². The maximum absolute atomic E-state index is 12.4. The third-order valence-corrected chi connectivity index (χ3v) is 6.35. The molecule has 0 bridgehead atoms. The number of aromatic nitrogens is 1. The zero-order chi connectivity index (χ0) is 23.5. The van der Waals surface area contributed by atoms with E-state index in [2.05, 4.69) is 15.1 Å². The number of hydrogen-bond acceptors (Lipinski definition) is 4. The van der Waals surface area contributed by atoms with Gasteiger partial charge in [0.1, 0.15) is 6.54 Å². The van der Waals surface area contributed by atoms with Gasteiger partial charge in [0.05, 0.1) is 18.2 Å². The summed E-state index contributed by atoms with van der Waals surface area (Å²) in [5.41, 5.74) is 7.57. The van der Waals surface area contributed by atoms with E-state index in [0.717, 1.165) is 38.8 Å². The van der Waals surface area contributed by atoms with E-state index in [9.17, 15) is 13.2 Å². The Labute approximate surface area is 193 Å². The molecule has 0 aliphatic rings. The summed E-state index contributed by atoms with van der Waals surface area (Å²) in [4.78, 5) is 12.4. The van der Waals surface area contributed by atoms with Crippen LogP contribution in [0.25, 0.3) is 5.69 Å². The number of aryl methyl sites for hydroxylation is 2. The Kier molecular flexibility index (Phi) is 7.06. The highest BCUT2D eigenvalue weighted by Gasteiger charge is 2.20. The molecule has 168 valence electrons. The van der Waals surface area contributed by atoms with Gasteiger partial charge < -0.3 is 4.57 Å². The van der Waals surface area contributed by atoms with Gasteiger partial charge in [0.2, 0.25) is 10.0 Å². The van der Waals surface area contributed by atoms with Gasteiger partial charge in [0.15, 0.2) is 0 Å². The quantitative estimate of drug-likeness (QED) is 0.417. The third kappa shape index (κ3) is 5.57. The third-order valence-electron chi connectivity index (χ3n) is 4.96. The number of nitrogens with zero attached hydrogens (tertiary/aromatic N) is 3. The number of carbonyl (C=O) groups excluding carboxylic acids is 1. The Bertz CT molecular complexity index is 1250. The predicted octanol–water partition coefficient (Wildman–Crippen LogP) is 3.97. The second kappa shape index (κ2) is 9.58. The number of carbonyl (C=O) groups is 1. The fourth-order valence-corrected chi connectivity index (χ4v) is 4.34. The number of sulfonamides is 1. The first-order valence-electron chi connectivity index (χ1n) is 9.87. The number of amides is 1. The van der Waals surface area contributed by atoms with Gasteiger partial charge in [-0.1, -0.05) is 29.3 Å². The molecule has 0 radical (unpaired) electrons. The van der Waals surface area contributed by atoms with E-state index in [1.54, 1.807) is 30.5 Å². The van der Waals surface area contributed by atoms with Gasteiger partial charge in [-0.3, -0.25) is 9.10 Å². The van der Waals surface area contributed by atoms with E-state index in [-0.39, 0.29) is 6.54 Å². The Morgan fingerprint density at radius 1 is 1.09 bits per heavy atom. The molecule has 0 saturated carbocycles. The van der Waals surface area contributed by atoms with Gasteiger partial charge in [0, 0.05) is 27.7 Å². The normalized spacial score (nSPS) is 11.7. The number of hydrogen-bond donors (Lipinski definition) is 1. The average Bonchev–Trinajstić information content (AvgIpc) is 3.00. The van der Waals surface area contributed by atoms with Crippen molar-refractivity contribution in [3.8, 4) is 5.69 Å². The van der Waals surface area contributed by atoms with Crippen LogP contribution in [0.4, 0.5) is 5.69 Å². The molecular formula is C23H25ClN4O3S. The first-order chi connectivity index (χ1) is 15.1. The van der Waals surface area contributed by atoms with Crippen molar-refractivity contribution in [1.29, 1.82) is 0 Å². The molecule has 0 spiro atoms. The molecule has 1 aromatic heterocycles. The van der Waals surface area contributed by atoms with Crippen LogP contribution >= 0.6 is 11.6 Å². The summed E-state index contributed by atoms with van der Waals surface area (Å²) in [6.07, 6.45) is 2.61. The van der Waals surface area contributed by atoms with Crippen LogP contribution in [0.1, 0.15) is 22.5 Å². The first kappa shape index (κ1) is 23.6. The van der Waals surface area contributed by atoms with Crippen molar-refractivity contribution >= 4 is 39.4 Å². The molecule has 1 N–H and O–H groups in total. The fraction of sp³-hybridized carbons (Fsp3) is 0.217. The molecule has 0 aliphatic heterocycles. The minimum Gasteiger partial charge on any atom is -0.318 e. The van der Waals surface area contributed by atoms with Gasteiger partial charge >= 0.3 is 0 Å². The summed E-state index contributed by atoms with van der Waals surface area (Å²) in [5.74, 6) is -0.543. The Balaban J connectivity index is 1.73. The van der Waals surface area contributed by atoms with Crippen molar-refractivity contribution < 1.29 is 13.2 Å². The lowest BCUT2D eigenvalue weighted by molar-refractivity contribution is -0.119. The number of anilines is 1. The monoisotopic (exact) mass is 472 g/mol. The number of halogens is 1. The van der Waals surface area contributed by atoms with Crippen LogP contribution < -0.4 is 9.73 Å². The zero-order valence-electron chi connectivity index (χ0n) is 18.3. The van der Waals surface area contributed by atoms with E-state index >= 15 is 0 Å². The molecule has 7 nitrogen and oxygen atoms in total. The number of nitrogens with one attached hydrogen (secondary N) is 1. The Hall–Kier alpha value is -3.10. The van der Waals surface area contributed by atoms with Crippen molar-refractivity contribution in [1.82, 2.24) is 9.99 Å². The van der Waals surface area contributed by atoms with Crippen molar-refractivity contribution in [2.75, 3.05) is 17.1 Å². The van der Waals surface area contributed by atoms with Crippen LogP contribution in [0.5, 0.6) is 0 Å². The summed E-state index contributed by atoms with van der Waals surface area (Å²) in [5, 5.41) is 4.69. The molecule has 3 rings (SSSR count). The molecule has 0 unspecified atom stereocenters. The summed E-state index contributed by atoms with van der Waals surface area (Å²) >= 11 is 5.98. The summed E-state index contributed by atoms with van der Waals surface area (Å²) in [7, 11) is -3.64. The molecule has 9 heteroatoms. The SMILES string of the molecule is Cc1ccc(N(CC(=O)N/N=C\c2cc(C)n(-c3ccc(Cl)cc3)c2C)S(C)(=O)=O)cc1. The molecule has 0 saturated heterocycles. The summed E-state index contributed by atoms with van der Waals surface area (Å²) in [6.45, 7) is 5.46. The maximum Gasteiger partial charge on any atom is 0.260 e. The van der Waals surface area contributed by atoms with E-state index in [4.69, 9.17) is 11.6 Å². The molecule has 1 amide bonds. The molecule has 32 heavy (non-hydrogen) atoms. The largest absolute Gasteiger partial charge is 0.318 e. The van der Waals surface area contributed by atoms with Crippen molar-refractivity contribution in [2.24, 2.45) is 5.10 Å². The lowest BCUT2D eigenvalue weighted by Gasteiger charge is -2.21. The van der Waals surface area contributed by atoms with Crippen LogP contribution in [0.15, 0.2) is 59.7 Å². The highest BCUT2D eigenvalue weighted by Crippen LogP contribution is 2.21. The zero-order valence-corrected chi connectivity index (χ0v) is 19.9. The summed E-state index contributed by atoms with van der Waals surface area (Å²) in [6, 6.07) is 16.4. The molecule has 1 heterocycles. The highest BCUT2D eigenvalue weighted by atomic mass is 35.5. The van der Waals surface area contributed by atoms with Crippen molar-refractivity contribution in [2.45, 2.75) is 20.8 Å². The van der Waals surface area contributed by atoms with Gasteiger partial charge in [-0.2, -0.15) is 5.10 Å². The van der Waals surface area contributed by atoms with Crippen LogP contribution in [0.3, 0.4) is 0 Å². The van der Waals surface area contributed by atoms with Crippen LogP contribution in [-0.2, 0) is 14.8 Å². The van der Waals surface area contributed by atoms with Gasteiger partial charge in [-0.15, -0.1) is 0 Å². The van der Waals surface area contributed by atoms with E-state index in [1.807, 2.05) is 51.1 Å². The lowest BCUT2D eigenvalue weighted by atomic mass is 10.2. The molecule has 2 aromatic carbocycles. The molecule has 0 fully saturated rings. The fourth-order valence-electron chi connectivity index (χ4n) is 3.36. The standard InChI is InChI=1S/C23H25ClN4O3S/c1-16-5-9-21(10-6-16)27(32(4,30)31)15-23(29)26-25-14-19-13-17(2)28(18(19)3)22-11-7-20(24)8-12-22/h5-14H,15H2,1-4H3,(H,26,29)/b25-14-. The maximum atomic E-state index is 12.4. The Morgan fingerprint density at radius 3 is 2.31 bits per heavy atom. The smallest absolute Gasteiger partial charge is 0.260 e. The van der Waals surface area contributed by atoms with Crippen molar-refractivity contribution in [3.63, 3.8) is 0 Å². The van der Waals surface area contributed by atoms with Crippen LogP contribution in [0.2, 0.25) is 5.02 Å². The molecule has 0 atom stereocenters. The first-order valence-corrected chi connectivity index (χ1v) is 12.1. The minimum atomic E-state index is -3.64. The van der Waals surface area contributed by atoms with Gasteiger partial charge in [0.25, 0.3) is 5.91 Å². The van der Waals surface area contributed by atoms with Crippen LogP contribution in [0, 0.1) is 20.8 Å². The number of hydrazone groups is 1. The predicted molar refractivity (Wildman–Crippen MR) is 129 cm³/mol. The average molecular weight is 473 g/mol. The minimum absolute atomic E-state index is 0.372. The second-order valence-electron chi connectivity index (χ2n) is 7.54. The van der Waals surface area contributed by atoms with E-state index in [1.165, 1.54) is 0 Å². The van der Waals surface area contributed by atoms with Crippen LogP contribution in [-0.4, -0.2) is 37.9 Å². The topological polar surface area (TPSA) is 83.8 Å². The molecular weight excluding hydrogens is 448 g/mol. The Morgan fingerprint density at radius 2 is 1.72 bits per heavy atom. The van der Waals surface area contributed by atoms with Gasteiger partial charge in [-0.25, -0.2) is 13.8 Å². The highest BCUT2D eigenvalue weighted by molar-refractivity contribution is 7.92. The van der Waals surface area contributed by atoms with Crippen molar-refractivity contribution in [3.05, 3.63) is 82.1 Å². The van der Waals surface area contributed by atoms with E-state index < -0.39 is 15.9 Å². The number of benzene rings is 2.